The molecule has 1 N–H and O–H groups in total. The van der Waals surface area contributed by atoms with E-state index in [1.54, 1.807) is 6.92 Å². The molecule has 1 aliphatic rings. The number of carboxylic acid groups (broad SMARTS) is 1. The third kappa shape index (κ3) is 2.16. The van der Waals surface area contributed by atoms with Gasteiger partial charge in [0.1, 0.15) is 5.82 Å². The summed E-state index contributed by atoms with van der Waals surface area (Å²) < 4.78 is 5.66. The molecule has 7 heteroatoms. The van der Waals surface area contributed by atoms with E-state index in [1.807, 2.05) is 0 Å². The van der Waals surface area contributed by atoms with Crippen molar-refractivity contribution in [1.29, 1.82) is 0 Å². The Hall–Kier alpha value is -2.83. The van der Waals surface area contributed by atoms with E-state index in [9.17, 15) is 14.7 Å². The van der Waals surface area contributed by atoms with Crippen LogP contribution < -0.4 is 5.43 Å². The lowest BCUT2D eigenvalue weighted by molar-refractivity contribution is 0.0695. The molecule has 3 aromatic heterocycles. The van der Waals surface area contributed by atoms with Crippen LogP contribution >= 0.6 is 0 Å². The summed E-state index contributed by atoms with van der Waals surface area (Å²) >= 11 is 0. The summed E-state index contributed by atoms with van der Waals surface area (Å²) in [7, 11) is 0. The van der Waals surface area contributed by atoms with Crippen molar-refractivity contribution in [3.8, 4) is 0 Å². The van der Waals surface area contributed by atoms with Crippen LogP contribution in [0.1, 0.15) is 54.0 Å². The van der Waals surface area contributed by atoms with Gasteiger partial charge in [-0.3, -0.25) is 4.79 Å². The van der Waals surface area contributed by atoms with Crippen molar-refractivity contribution in [1.82, 2.24) is 15.0 Å². The van der Waals surface area contributed by atoms with Gasteiger partial charge in [-0.15, -0.1) is 0 Å². The summed E-state index contributed by atoms with van der Waals surface area (Å²) in [6, 6.07) is 1.33. The van der Waals surface area contributed by atoms with Crippen LogP contribution in [-0.4, -0.2) is 26.0 Å². The Morgan fingerprint density at radius 1 is 1.38 bits per heavy atom. The summed E-state index contributed by atoms with van der Waals surface area (Å²) in [6.07, 6.45) is 5.12. The molecule has 0 radical (unpaired) electrons. The molecule has 1 fully saturated rings. The average Bonchev–Trinajstić information content (AvgIpc) is 2.52. The SMILES string of the molecule is CCc1nc2oc3cnc(C4CCC4)nc3c(=O)c2cc1C(=O)O. The van der Waals surface area contributed by atoms with E-state index in [0.29, 0.717) is 23.9 Å². The van der Waals surface area contributed by atoms with Crippen molar-refractivity contribution < 1.29 is 14.3 Å². The number of pyridine rings is 1. The van der Waals surface area contributed by atoms with E-state index in [0.717, 1.165) is 19.3 Å². The second kappa shape index (κ2) is 5.36. The van der Waals surface area contributed by atoms with Crippen LogP contribution in [0.5, 0.6) is 0 Å². The minimum Gasteiger partial charge on any atom is -0.478 e. The molecule has 0 unspecified atom stereocenters. The van der Waals surface area contributed by atoms with Crippen molar-refractivity contribution >= 4 is 28.2 Å². The van der Waals surface area contributed by atoms with Crippen molar-refractivity contribution in [3.63, 3.8) is 0 Å². The summed E-state index contributed by atoms with van der Waals surface area (Å²) in [4.78, 5) is 37.0. The van der Waals surface area contributed by atoms with Crippen molar-refractivity contribution in [3.05, 3.63) is 39.6 Å². The molecule has 0 aromatic carbocycles. The van der Waals surface area contributed by atoms with Gasteiger partial charge in [0.2, 0.25) is 11.1 Å². The van der Waals surface area contributed by atoms with Crippen LogP contribution in [0.3, 0.4) is 0 Å². The maximum Gasteiger partial charge on any atom is 0.337 e. The first-order chi connectivity index (χ1) is 11.6. The fourth-order valence-corrected chi connectivity index (χ4v) is 2.94. The first-order valence-electron chi connectivity index (χ1n) is 7.95. The molecule has 4 rings (SSSR count). The van der Waals surface area contributed by atoms with Crippen LogP contribution in [0.25, 0.3) is 22.2 Å². The standard InChI is InChI=1S/C17H15N3O4/c1-2-11-9(17(22)23)6-10-14(21)13-12(24-16(10)19-11)7-18-15(20-13)8-4-3-5-8/h6-8H,2-5H2,1H3,(H,22,23). The lowest BCUT2D eigenvalue weighted by Gasteiger charge is -2.23. The van der Waals surface area contributed by atoms with Gasteiger partial charge in [-0.25, -0.2) is 19.7 Å². The number of carbonyl (C=O) groups is 1. The Labute approximate surface area is 136 Å². The number of hydrogen-bond donors (Lipinski definition) is 1. The topological polar surface area (TPSA) is 106 Å². The highest BCUT2D eigenvalue weighted by Crippen LogP contribution is 2.34. The Bertz CT molecular complexity index is 1040. The monoisotopic (exact) mass is 325 g/mol. The van der Waals surface area contributed by atoms with Gasteiger partial charge in [0, 0.05) is 5.92 Å². The lowest BCUT2D eigenvalue weighted by atomic mass is 9.85. The van der Waals surface area contributed by atoms with Crippen molar-refractivity contribution in [2.75, 3.05) is 0 Å². The molecule has 3 heterocycles. The molecule has 1 saturated carbocycles. The second-order valence-electron chi connectivity index (χ2n) is 5.99. The van der Waals surface area contributed by atoms with Gasteiger partial charge in [0.25, 0.3) is 0 Å². The fourth-order valence-electron chi connectivity index (χ4n) is 2.94. The van der Waals surface area contributed by atoms with Gasteiger partial charge < -0.3 is 9.52 Å². The lowest BCUT2D eigenvalue weighted by Crippen LogP contribution is -2.15. The summed E-state index contributed by atoms with van der Waals surface area (Å²) in [6.45, 7) is 1.80. The molecule has 1 aliphatic carbocycles. The number of fused-ring (bicyclic) bond motifs is 2. The van der Waals surface area contributed by atoms with Crippen molar-refractivity contribution in [2.24, 2.45) is 0 Å². The van der Waals surface area contributed by atoms with E-state index in [2.05, 4.69) is 15.0 Å². The normalized spacial score (nSPS) is 14.9. The maximum absolute atomic E-state index is 12.8. The fraction of sp³-hybridized carbons (Fsp3) is 0.353. The number of aromatic carboxylic acids is 1. The summed E-state index contributed by atoms with van der Waals surface area (Å²) in [5.41, 5.74) is 0.602. The average molecular weight is 325 g/mol. The number of carboxylic acids is 1. The molecule has 122 valence electrons. The van der Waals surface area contributed by atoms with Gasteiger partial charge in [-0.1, -0.05) is 13.3 Å². The van der Waals surface area contributed by atoms with E-state index in [1.165, 1.54) is 12.3 Å². The number of aryl methyl sites for hydroxylation is 1. The van der Waals surface area contributed by atoms with Crippen LogP contribution in [-0.2, 0) is 6.42 Å². The molecular formula is C17H15N3O4. The molecule has 0 amide bonds. The molecule has 0 spiro atoms. The van der Waals surface area contributed by atoms with Crippen molar-refractivity contribution in [2.45, 2.75) is 38.5 Å². The third-order valence-electron chi connectivity index (χ3n) is 4.54. The second-order valence-corrected chi connectivity index (χ2v) is 5.99. The molecule has 0 saturated heterocycles. The van der Waals surface area contributed by atoms with Crippen LogP contribution in [0.2, 0.25) is 0 Å². The number of nitrogens with zero attached hydrogens (tertiary/aromatic N) is 3. The number of aromatic nitrogens is 3. The minimum atomic E-state index is -1.11. The van der Waals surface area contributed by atoms with E-state index in [4.69, 9.17) is 4.42 Å². The molecule has 0 bridgehead atoms. The Balaban J connectivity index is 2.01. The summed E-state index contributed by atoms with van der Waals surface area (Å²) in [5.74, 6) is -0.171. The number of rotatable bonds is 3. The van der Waals surface area contributed by atoms with Gasteiger partial charge >= 0.3 is 5.97 Å². The van der Waals surface area contributed by atoms with Gasteiger partial charge in [-0.2, -0.15) is 0 Å². The molecular weight excluding hydrogens is 310 g/mol. The van der Waals surface area contributed by atoms with Gasteiger partial charge in [0.15, 0.2) is 11.1 Å². The van der Waals surface area contributed by atoms with Crippen LogP contribution in [0.4, 0.5) is 0 Å². The predicted octanol–water partition coefficient (Wildman–Crippen LogP) is 2.66. The third-order valence-corrected chi connectivity index (χ3v) is 4.54. The predicted molar refractivity (Wildman–Crippen MR) is 86.3 cm³/mol. The first-order valence-corrected chi connectivity index (χ1v) is 7.95. The smallest absolute Gasteiger partial charge is 0.337 e. The Morgan fingerprint density at radius 3 is 2.79 bits per heavy atom. The van der Waals surface area contributed by atoms with Gasteiger partial charge in [0.05, 0.1) is 22.8 Å². The zero-order chi connectivity index (χ0) is 16.8. The molecule has 0 atom stereocenters. The maximum atomic E-state index is 12.8. The Morgan fingerprint density at radius 2 is 2.17 bits per heavy atom. The van der Waals surface area contributed by atoms with E-state index in [-0.39, 0.29) is 33.2 Å². The minimum absolute atomic E-state index is 0.0184. The zero-order valence-corrected chi connectivity index (χ0v) is 13.1. The highest BCUT2D eigenvalue weighted by molar-refractivity contribution is 5.94. The van der Waals surface area contributed by atoms with E-state index >= 15 is 0 Å². The van der Waals surface area contributed by atoms with E-state index < -0.39 is 5.97 Å². The Kier molecular flexibility index (Phi) is 3.30. The van der Waals surface area contributed by atoms with Crippen LogP contribution in [0, 0.1) is 0 Å². The van der Waals surface area contributed by atoms with Gasteiger partial charge in [-0.05, 0) is 25.3 Å². The molecule has 3 aromatic rings. The first kappa shape index (κ1) is 14.7. The quantitative estimate of drug-likeness (QED) is 0.738. The molecule has 7 nitrogen and oxygen atoms in total. The largest absolute Gasteiger partial charge is 0.478 e. The highest BCUT2D eigenvalue weighted by atomic mass is 16.4. The molecule has 24 heavy (non-hydrogen) atoms. The van der Waals surface area contributed by atoms with Crippen LogP contribution in [0.15, 0.2) is 21.5 Å². The zero-order valence-electron chi connectivity index (χ0n) is 13.1. The molecule has 0 aliphatic heterocycles. The highest BCUT2D eigenvalue weighted by Gasteiger charge is 2.24. The number of hydrogen-bond acceptors (Lipinski definition) is 6. The summed E-state index contributed by atoms with van der Waals surface area (Å²) in [5, 5.41) is 9.45.